The minimum Gasteiger partial charge on any atom is -0.353 e. The third kappa shape index (κ3) is 7.94. The maximum atomic E-state index is 13.6. The van der Waals surface area contributed by atoms with Gasteiger partial charge in [0.1, 0.15) is 5.69 Å². The normalized spacial score (nSPS) is 12.3. The minimum absolute atomic E-state index is 0.229. The van der Waals surface area contributed by atoms with Gasteiger partial charge in [-0.3, -0.25) is 9.89 Å². The van der Waals surface area contributed by atoms with Gasteiger partial charge in [0.2, 0.25) is 5.91 Å². The van der Waals surface area contributed by atoms with Crippen molar-refractivity contribution in [2.45, 2.75) is 86.5 Å². The summed E-state index contributed by atoms with van der Waals surface area (Å²) in [6.07, 6.45) is 7.18. The predicted octanol–water partition coefficient (Wildman–Crippen LogP) is 7.35. The number of hydrogen-bond acceptors (Lipinski definition) is 3. The molecular weight excluding hydrogens is 458 g/mol. The Morgan fingerprint density at radius 3 is 2.38 bits per heavy atom. The van der Waals surface area contributed by atoms with Crippen molar-refractivity contribution < 1.29 is 4.79 Å². The summed E-state index contributed by atoms with van der Waals surface area (Å²) < 4.78 is 0. The summed E-state index contributed by atoms with van der Waals surface area (Å²) in [5.74, 6) is 0.687. The molecule has 0 aliphatic rings. The van der Waals surface area contributed by atoms with E-state index in [0.29, 0.717) is 18.9 Å². The van der Waals surface area contributed by atoms with Crippen LogP contribution >= 0.6 is 0 Å². The van der Waals surface area contributed by atoms with Crippen molar-refractivity contribution in [1.82, 2.24) is 20.1 Å². The molecule has 0 fully saturated rings. The monoisotopic (exact) mass is 507 g/mol. The van der Waals surface area contributed by atoms with Crippen molar-refractivity contribution in [2.24, 2.45) is 11.3 Å². The van der Waals surface area contributed by atoms with Gasteiger partial charge < -0.3 is 14.8 Å². The number of aromatic amines is 2. The van der Waals surface area contributed by atoms with E-state index in [0.717, 1.165) is 78.7 Å². The Labute approximate surface area is 224 Å². The molecule has 0 unspecified atom stereocenters. The fraction of sp³-hybridized carbons (Fsp3) is 0.613. The minimum atomic E-state index is 0.229. The molecule has 6 heteroatoms. The summed E-state index contributed by atoms with van der Waals surface area (Å²) in [5.41, 5.74) is 6.71. The van der Waals surface area contributed by atoms with Gasteiger partial charge in [-0.1, -0.05) is 66.4 Å². The molecule has 0 bridgehead atoms. The van der Waals surface area contributed by atoms with Gasteiger partial charge in [0.25, 0.3) is 0 Å². The van der Waals surface area contributed by atoms with Crippen molar-refractivity contribution in [3.8, 4) is 11.4 Å². The van der Waals surface area contributed by atoms with Crippen LogP contribution in [0.25, 0.3) is 22.3 Å². The molecule has 0 saturated carbocycles. The van der Waals surface area contributed by atoms with Crippen LogP contribution in [0.4, 0.5) is 5.69 Å². The van der Waals surface area contributed by atoms with E-state index < -0.39 is 0 Å². The molecule has 2 aromatic heterocycles. The van der Waals surface area contributed by atoms with E-state index in [2.05, 4.69) is 100.0 Å². The van der Waals surface area contributed by atoms with E-state index >= 15 is 0 Å². The SMILES string of the molecule is CCCC(CCC)CC(=O)N(CCN(C)C)c1ccc2cc(-c3n[nH]c(C)c3CCC(C)(C)C)[nH]c2c1. The van der Waals surface area contributed by atoms with Crippen molar-refractivity contribution in [3.63, 3.8) is 0 Å². The molecule has 2 N–H and O–H groups in total. The number of aromatic nitrogens is 3. The Morgan fingerprint density at radius 2 is 1.76 bits per heavy atom. The summed E-state index contributed by atoms with van der Waals surface area (Å²) in [4.78, 5) is 21.3. The Kier molecular flexibility index (Phi) is 10.00. The Hall–Kier alpha value is -2.60. The average molecular weight is 508 g/mol. The number of carbonyl (C=O) groups is 1. The molecule has 37 heavy (non-hydrogen) atoms. The van der Waals surface area contributed by atoms with Gasteiger partial charge in [-0.15, -0.1) is 0 Å². The first-order chi connectivity index (χ1) is 17.5. The van der Waals surface area contributed by atoms with Gasteiger partial charge >= 0.3 is 0 Å². The van der Waals surface area contributed by atoms with Crippen LogP contribution in [0.2, 0.25) is 0 Å². The largest absolute Gasteiger partial charge is 0.353 e. The number of rotatable bonds is 13. The average Bonchev–Trinajstić information content (AvgIpc) is 3.40. The van der Waals surface area contributed by atoms with Crippen molar-refractivity contribution in [1.29, 1.82) is 0 Å². The number of benzene rings is 1. The third-order valence-corrected chi connectivity index (χ3v) is 7.30. The fourth-order valence-corrected chi connectivity index (χ4v) is 5.11. The zero-order valence-corrected chi connectivity index (χ0v) is 24.5. The second-order valence-electron chi connectivity index (χ2n) is 12.2. The number of amides is 1. The van der Waals surface area contributed by atoms with Gasteiger partial charge in [-0.05, 0) is 63.4 Å². The second kappa shape index (κ2) is 12.8. The standard InChI is InChI=1S/C31H49N5O/c1-9-11-23(12-10-2)19-29(37)36(18-17-35(7)8)25-14-13-24-20-28(32-27(24)21-25)30-26(22(3)33-34-30)15-16-31(4,5)6/h13-14,20-21,23,32H,9-12,15-19H2,1-8H3,(H,33,34). The highest BCUT2D eigenvalue weighted by Crippen LogP contribution is 2.32. The van der Waals surface area contributed by atoms with E-state index in [-0.39, 0.29) is 11.3 Å². The van der Waals surface area contributed by atoms with E-state index in [4.69, 9.17) is 0 Å². The van der Waals surface area contributed by atoms with Crippen LogP contribution in [-0.2, 0) is 11.2 Å². The topological polar surface area (TPSA) is 68.0 Å². The molecular formula is C31H49N5O. The van der Waals surface area contributed by atoms with Gasteiger partial charge in [-0.2, -0.15) is 5.10 Å². The number of anilines is 1. The maximum Gasteiger partial charge on any atom is 0.227 e. The summed E-state index contributed by atoms with van der Waals surface area (Å²) in [5, 5.41) is 8.99. The lowest BCUT2D eigenvalue weighted by molar-refractivity contribution is -0.119. The summed E-state index contributed by atoms with van der Waals surface area (Å²) in [7, 11) is 4.12. The van der Waals surface area contributed by atoms with Gasteiger partial charge in [0, 0.05) is 47.4 Å². The van der Waals surface area contributed by atoms with E-state index in [1.54, 1.807) is 0 Å². The van der Waals surface area contributed by atoms with E-state index in [1.807, 2.05) is 4.90 Å². The zero-order valence-electron chi connectivity index (χ0n) is 24.5. The van der Waals surface area contributed by atoms with E-state index in [9.17, 15) is 4.79 Å². The van der Waals surface area contributed by atoms with Crippen molar-refractivity contribution >= 4 is 22.5 Å². The molecule has 204 valence electrons. The quantitative estimate of drug-likeness (QED) is 0.254. The summed E-state index contributed by atoms with van der Waals surface area (Å²) >= 11 is 0. The number of fused-ring (bicyclic) bond motifs is 1. The van der Waals surface area contributed by atoms with Crippen molar-refractivity contribution in [3.05, 3.63) is 35.5 Å². The second-order valence-corrected chi connectivity index (χ2v) is 12.2. The first-order valence-corrected chi connectivity index (χ1v) is 14.1. The first kappa shape index (κ1) is 29.0. The highest BCUT2D eigenvalue weighted by molar-refractivity contribution is 5.96. The summed E-state index contributed by atoms with van der Waals surface area (Å²) in [6.45, 7) is 14.9. The van der Waals surface area contributed by atoms with Gasteiger partial charge in [0.15, 0.2) is 0 Å². The van der Waals surface area contributed by atoms with Crippen LogP contribution in [0.3, 0.4) is 0 Å². The highest BCUT2D eigenvalue weighted by Gasteiger charge is 2.22. The molecule has 1 amide bonds. The highest BCUT2D eigenvalue weighted by atomic mass is 16.2. The van der Waals surface area contributed by atoms with Crippen LogP contribution in [0, 0.1) is 18.3 Å². The Morgan fingerprint density at radius 1 is 1.05 bits per heavy atom. The van der Waals surface area contributed by atoms with Gasteiger partial charge in [-0.25, -0.2) is 0 Å². The summed E-state index contributed by atoms with van der Waals surface area (Å²) in [6, 6.07) is 8.54. The third-order valence-electron chi connectivity index (χ3n) is 7.30. The van der Waals surface area contributed by atoms with Crippen molar-refractivity contribution in [2.75, 3.05) is 32.1 Å². The number of aryl methyl sites for hydroxylation is 1. The number of nitrogens with zero attached hydrogens (tertiary/aromatic N) is 3. The molecule has 3 rings (SSSR count). The van der Waals surface area contributed by atoms with E-state index in [1.165, 1.54) is 5.56 Å². The number of nitrogens with one attached hydrogen (secondary N) is 2. The predicted molar refractivity (Wildman–Crippen MR) is 157 cm³/mol. The number of H-pyrrole nitrogens is 2. The molecule has 0 saturated heterocycles. The molecule has 0 spiro atoms. The van der Waals surface area contributed by atoms with Crippen LogP contribution in [-0.4, -0.2) is 53.2 Å². The molecule has 0 radical (unpaired) electrons. The van der Waals surface area contributed by atoms with Gasteiger partial charge in [0.05, 0.1) is 5.69 Å². The maximum absolute atomic E-state index is 13.6. The number of hydrogen-bond donors (Lipinski definition) is 2. The number of likely N-dealkylation sites (N-methyl/N-ethyl adjacent to an activating group) is 1. The van der Waals surface area contributed by atoms with Crippen LogP contribution in [0.15, 0.2) is 24.3 Å². The molecule has 2 heterocycles. The van der Waals surface area contributed by atoms with Crippen LogP contribution in [0.5, 0.6) is 0 Å². The first-order valence-electron chi connectivity index (χ1n) is 14.1. The molecule has 6 nitrogen and oxygen atoms in total. The van der Waals surface area contributed by atoms with Crippen LogP contribution in [0.1, 0.15) is 84.4 Å². The Balaban J connectivity index is 1.91. The molecule has 3 aromatic rings. The lowest BCUT2D eigenvalue weighted by Gasteiger charge is -2.27. The fourth-order valence-electron chi connectivity index (χ4n) is 5.11. The molecule has 0 atom stereocenters. The van der Waals surface area contributed by atoms with Crippen LogP contribution < -0.4 is 4.90 Å². The Bertz CT molecular complexity index is 1140. The lowest BCUT2D eigenvalue weighted by atomic mass is 9.88. The molecule has 0 aliphatic heterocycles. The molecule has 0 aliphatic carbocycles. The lowest BCUT2D eigenvalue weighted by Crippen LogP contribution is -2.37. The smallest absolute Gasteiger partial charge is 0.227 e. The molecule has 1 aromatic carbocycles. The zero-order chi connectivity index (χ0) is 27.2. The number of carbonyl (C=O) groups excluding carboxylic acids is 1.